The Morgan fingerprint density at radius 2 is 1.79 bits per heavy atom. The number of aliphatic hydroxyl groups excluding tert-OH is 2. The SMILES string of the molecule is CCCON(CCC)C(=O)CN1C[C@H](c2cc(CO)c3c(c2)OCO3)[C@@H](C(=O)O)[C@@H]1Cc1ccccc1CO. The lowest BCUT2D eigenvalue weighted by atomic mass is 9.82. The van der Waals surface area contributed by atoms with Crippen molar-refractivity contribution in [2.45, 2.75) is 58.3 Å². The van der Waals surface area contributed by atoms with E-state index in [1.165, 1.54) is 5.06 Å². The number of carbonyl (C=O) groups excluding carboxylic acids is 1. The number of fused-ring (bicyclic) bond motifs is 1. The Morgan fingerprint density at radius 3 is 2.46 bits per heavy atom. The second-order valence-corrected chi connectivity index (χ2v) is 10.00. The predicted molar refractivity (Wildman–Crippen MR) is 142 cm³/mol. The third kappa shape index (κ3) is 6.36. The van der Waals surface area contributed by atoms with Crippen LogP contribution in [0.15, 0.2) is 36.4 Å². The maximum Gasteiger partial charge on any atom is 0.308 e. The fourth-order valence-electron chi connectivity index (χ4n) is 5.58. The van der Waals surface area contributed by atoms with Crippen molar-refractivity contribution in [2.24, 2.45) is 5.92 Å². The fourth-order valence-corrected chi connectivity index (χ4v) is 5.58. The highest BCUT2D eigenvalue weighted by Gasteiger charge is 2.48. The van der Waals surface area contributed by atoms with Gasteiger partial charge in [-0.3, -0.25) is 19.3 Å². The first-order chi connectivity index (χ1) is 18.9. The highest BCUT2D eigenvalue weighted by Crippen LogP contribution is 2.44. The Hall–Kier alpha value is -3.18. The van der Waals surface area contributed by atoms with Crippen molar-refractivity contribution in [1.82, 2.24) is 9.96 Å². The Labute approximate surface area is 228 Å². The van der Waals surface area contributed by atoms with Crippen LogP contribution in [-0.2, 0) is 34.1 Å². The summed E-state index contributed by atoms with van der Waals surface area (Å²) < 4.78 is 11.1. The molecule has 1 amide bonds. The molecule has 0 unspecified atom stereocenters. The summed E-state index contributed by atoms with van der Waals surface area (Å²) in [7, 11) is 0. The van der Waals surface area contributed by atoms with Crippen molar-refractivity contribution in [1.29, 1.82) is 0 Å². The van der Waals surface area contributed by atoms with Crippen molar-refractivity contribution in [2.75, 3.05) is 33.0 Å². The zero-order valence-electron chi connectivity index (χ0n) is 22.5. The van der Waals surface area contributed by atoms with E-state index in [4.69, 9.17) is 14.3 Å². The number of carbonyl (C=O) groups is 2. The number of benzene rings is 2. The van der Waals surface area contributed by atoms with Crippen molar-refractivity contribution in [3.05, 3.63) is 58.7 Å². The molecule has 0 aromatic heterocycles. The lowest BCUT2D eigenvalue weighted by Gasteiger charge is -2.29. The van der Waals surface area contributed by atoms with Gasteiger partial charge in [-0.1, -0.05) is 38.1 Å². The maximum atomic E-state index is 13.4. The van der Waals surface area contributed by atoms with Crippen molar-refractivity contribution < 1.29 is 39.2 Å². The van der Waals surface area contributed by atoms with Gasteiger partial charge in [-0.25, -0.2) is 5.06 Å². The van der Waals surface area contributed by atoms with E-state index in [0.717, 1.165) is 24.0 Å². The molecule has 0 saturated carbocycles. The van der Waals surface area contributed by atoms with Crippen molar-refractivity contribution in [3.8, 4) is 11.5 Å². The van der Waals surface area contributed by atoms with Gasteiger partial charge in [0.1, 0.15) is 0 Å². The summed E-state index contributed by atoms with van der Waals surface area (Å²) in [4.78, 5) is 33.9. The Kier molecular flexibility index (Phi) is 9.79. The Morgan fingerprint density at radius 1 is 1.05 bits per heavy atom. The maximum absolute atomic E-state index is 13.4. The van der Waals surface area contributed by atoms with Crippen LogP contribution in [0.2, 0.25) is 0 Å². The zero-order chi connectivity index (χ0) is 27.9. The van der Waals surface area contributed by atoms with Gasteiger partial charge in [-0.05, 0) is 48.1 Å². The lowest BCUT2D eigenvalue weighted by molar-refractivity contribution is -0.188. The van der Waals surface area contributed by atoms with E-state index in [0.29, 0.717) is 48.7 Å². The molecule has 0 spiro atoms. The number of carboxylic acid groups (broad SMARTS) is 1. The number of carboxylic acids is 1. The molecule has 2 aromatic rings. The van der Waals surface area contributed by atoms with E-state index in [1.807, 2.05) is 43.0 Å². The molecule has 10 nitrogen and oxygen atoms in total. The first-order valence-electron chi connectivity index (χ1n) is 13.5. The average Bonchev–Trinajstić information content (AvgIpc) is 3.55. The minimum Gasteiger partial charge on any atom is -0.481 e. The number of nitrogens with zero attached hydrogens (tertiary/aromatic N) is 2. The van der Waals surface area contributed by atoms with Crippen LogP contribution in [0.5, 0.6) is 11.5 Å². The largest absolute Gasteiger partial charge is 0.481 e. The molecule has 10 heteroatoms. The van der Waals surface area contributed by atoms with Crippen LogP contribution < -0.4 is 9.47 Å². The van der Waals surface area contributed by atoms with E-state index in [-0.39, 0.29) is 32.5 Å². The smallest absolute Gasteiger partial charge is 0.308 e. The lowest BCUT2D eigenvalue weighted by Crippen LogP contribution is -2.45. The summed E-state index contributed by atoms with van der Waals surface area (Å²) in [6.07, 6.45) is 1.83. The van der Waals surface area contributed by atoms with E-state index >= 15 is 0 Å². The first-order valence-corrected chi connectivity index (χ1v) is 13.5. The van der Waals surface area contributed by atoms with Crippen LogP contribution in [0.25, 0.3) is 0 Å². The van der Waals surface area contributed by atoms with Crippen molar-refractivity contribution >= 4 is 11.9 Å². The summed E-state index contributed by atoms with van der Waals surface area (Å²) >= 11 is 0. The van der Waals surface area contributed by atoms with E-state index in [1.54, 1.807) is 12.1 Å². The van der Waals surface area contributed by atoms with Crippen LogP contribution in [0.1, 0.15) is 54.9 Å². The highest BCUT2D eigenvalue weighted by molar-refractivity contribution is 5.78. The molecular weight excluding hydrogens is 504 g/mol. The molecule has 2 aliphatic heterocycles. The first kappa shape index (κ1) is 28.8. The fraction of sp³-hybridized carbons (Fsp3) is 0.517. The minimum atomic E-state index is -0.975. The van der Waals surface area contributed by atoms with Gasteiger partial charge in [0.05, 0.1) is 32.3 Å². The number of likely N-dealkylation sites (tertiary alicyclic amines) is 1. The quantitative estimate of drug-likeness (QED) is 0.327. The highest BCUT2D eigenvalue weighted by atomic mass is 16.7. The van der Waals surface area contributed by atoms with Crippen LogP contribution in [-0.4, -0.2) is 76.2 Å². The van der Waals surface area contributed by atoms with E-state index in [9.17, 15) is 24.9 Å². The van der Waals surface area contributed by atoms with Gasteiger partial charge in [0.2, 0.25) is 6.79 Å². The van der Waals surface area contributed by atoms with Gasteiger partial charge >= 0.3 is 5.97 Å². The normalized spacial score (nSPS) is 20.4. The van der Waals surface area contributed by atoms with Gasteiger partial charge in [0, 0.05) is 30.6 Å². The molecule has 3 N–H and O–H groups in total. The molecule has 2 aromatic carbocycles. The number of hydroxylamine groups is 2. The third-order valence-corrected chi connectivity index (χ3v) is 7.42. The summed E-state index contributed by atoms with van der Waals surface area (Å²) in [5.74, 6) is -1.59. The molecule has 1 fully saturated rings. The molecule has 212 valence electrons. The second-order valence-electron chi connectivity index (χ2n) is 10.00. The minimum absolute atomic E-state index is 0.00659. The summed E-state index contributed by atoms with van der Waals surface area (Å²) in [6, 6.07) is 10.4. The van der Waals surface area contributed by atoms with Crippen LogP contribution >= 0.6 is 0 Å². The van der Waals surface area contributed by atoms with Gasteiger partial charge in [-0.2, -0.15) is 0 Å². The predicted octanol–water partition coefficient (Wildman–Crippen LogP) is 2.69. The number of hydrogen-bond acceptors (Lipinski definition) is 8. The summed E-state index contributed by atoms with van der Waals surface area (Å²) in [5.41, 5.74) is 2.80. The number of aliphatic carboxylic acids is 1. The Bertz CT molecular complexity index is 1160. The molecule has 0 radical (unpaired) electrons. The number of rotatable bonds is 13. The molecule has 2 aliphatic rings. The van der Waals surface area contributed by atoms with Crippen LogP contribution in [0.4, 0.5) is 0 Å². The number of ether oxygens (including phenoxy) is 2. The third-order valence-electron chi connectivity index (χ3n) is 7.42. The van der Waals surface area contributed by atoms with Gasteiger partial charge in [0.25, 0.3) is 5.91 Å². The van der Waals surface area contributed by atoms with E-state index in [2.05, 4.69) is 0 Å². The number of amides is 1. The van der Waals surface area contributed by atoms with Crippen molar-refractivity contribution in [3.63, 3.8) is 0 Å². The summed E-state index contributed by atoms with van der Waals surface area (Å²) in [6.45, 7) is 4.69. The number of hydrogen-bond donors (Lipinski definition) is 3. The standard InChI is InChI=1S/C29H38N2O8/c1-3-9-31(39-10-4-2)26(34)15-30-14-23(21-11-22(17-33)28-25(13-21)37-18-38-28)27(29(35)36)24(30)12-19-7-5-6-8-20(19)16-32/h5-8,11,13,23-24,27,32-33H,3-4,9-10,12,14-18H2,1-2H3,(H,35,36)/t23-,24+,27-/m1/s1. The van der Waals surface area contributed by atoms with Gasteiger partial charge in [-0.15, -0.1) is 0 Å². The molecular formula is C29H38N2O8. The monoisotopic (exact) mass is 542 g/mol. The zero-order valence-corrected chi connectivity index (χ0v) is 22.5. The molecule has 2 heterocycles. The molecule has 1 saturated heterocycles. The number of aliphatic hydroxyl groups is 2. The van der Waals surface area contributed by atoms with E-state index < -0.39 is 23.8 Å². The van der Waals surface area contributed by atoms with Gasteiger partial charge < -0.3 is 24.8 Å². The molecule has 0 aliphatic carbocycles. The van der Waals surface area contributed by atoms with Crippen LogP contribution in [0, 0.1) is 5.92 Å². The molecule has 4 rings (SSSR count). The average molecular weight is 543 g/mol. The summed E-state index contributed by atoms with van der Waals surface area (Å²) in [5, 5.41) is 31.8. The van der Waals surface area contributed by atoms with Crippen LogP contribution in [0.3, 0.4) is 0 Å². The molecule has 39 heavy (non-hydrogen) atoms. The molecule has 3 atom stereocenters. The Balaban J connectivity index is 1.71. The second kappa shape index (κ2) is 13.3. The molecule has 0 bridgehead atoms. The van der Waals surface area contributed by atoms with Gasteiger partial charge in [0.15, 0.2) is 11.5 Å². The topological polar surface area (TPSA) is 129 Å².